The molecule has 1 aliphatic carbocycles. The quantitative estimate of drug-likeness (QED) is 0.835. The van der Waals surface area contributed by atoms with Gasteiger partial charge in [0.1, 0.15) is 11.5 Å². The highest BCUT2D eigenvalue weighted by molar-refractivity contribution is 5.92. The fourth-order valence-electron chi connectivity index (χ4n) is 2.57. The van der Waals surface area contributed by atoms with Crippen LogP contribution in [0.5, 0.6) is 0 Å². The number of hydrogen-bond acceptors (Lipinski definition) is 4. The lowest BCUT2D eigenvalue weighted by Crippen LogP contribution is -2.41. The zero-order valence-corrected chi connectivity index (χ0v) is 10.9. The molecule has 0 aromatic carbocycles. The zero-order valence-electron chi connectivity index (χ0n) is 10.9. The monoisotopic (exact) mass is 248 g/mol. The van der Waals surface area contributed by atoms with Crippen LogP contribution in [0.1, 0.15) is 50.0 Å². The van der Waals surface area contributed by atoms with Gasteiger partial charge in [-0.25, -0.2) is 4.98 Å². The smallest absolute Gasteiger partial charge is 0.271 e. The molecule has 2 rings (SSSR count). The van der Waals surface area contributed by atoms with Gasteiger partial charge in [-0.3, -0.25) is 9.78 Å². The number of nitrogens with two attached hydrogens (primary N) is 1. The first-order chi connectivity index (χ1) is 8.46. The molecule has 1 saturated carbocycles. The molecule has 1 aromatic heterocycles. The SMILES string of the molecule is CC1(C)CCCC(NC(=O)c2cncc(N)n2)C1. The molecule has 1 fully saturated rings. The third-order valence-electron chi connectivity index (χ3n) is 3.43. The van der Waals surface area contributed by atoms with Gasteiger partial charge in [-0.05, 0) is 24.7 Å². The van der Waals surface area contributed by atoms with Gasteiger partial charge >= 0.3 is 0 Å². The fourth-order valence-corrected chi connectivity index (χ4v) is 2.57. The van der Waals surface area contributed by atoms with Crippen LogP contribution in [0.2, 0.25) is 0 Å². The van der Waals surface area contributed by atoms with Gasteiger partial charge in [-0.15, -0.1) is 0 Å². The lowest BCUT2D eigenvalue weighted by atomic mass is 9.75. The molecule has 1 aliphatic rings. The van der Waals surface area contributed by atoms with Gasteiger partial charge in [-0.1, -0.05) is 20.3 Å². The predicted octanol–water partition coefficient (Wildman–Crippen LogP) is 1.76. The van der Waals surface area contributed by atoms with Gasteiger partial charge in [-0.2, -0.15) is 0 Å². The van der Waals surface area contributed by atoms with Crippen molar-refractivity contribution in [1.29, 1.82) is 0 Å². The molecule has 1 atom stereocenters. The molecule has 1 amide bonds. The van der Waals surface area contributed by atoms with Crippen molar-refractivity contribution < 1.29 is 4.79 Å². The standard InChI is InChI=1S/C13H20N4O/c1-13(2)5-3-4-9(6-13)16-12(18)10-7-15-8-11(14)17-10/h7-9H,3-6H2,1-2H3,(H2,14,17)(H,16,18). The Morgan fingerprint density at radius 2 is 2.28 bits per heavy atom. The molecular weight excluding hydrogens is 228 g/mol. The number of nitrogens with one attached hydrogen (secondary N) is 1. The molecule has 0 aliphatic heterocycles. The van der Waals surface area contributed by atoms with Crippen molar-refractivity contribution in [1.82, 2.24) is 15.3 Å². The molecule has 18 heavy (non-hydrogen) atoms. The Kier molecular flexibility index (Phi) is 3.50. The maximum absolute atomic E-state index is 12.0. The maximum Gasteiger partial charge on any atom is 0.271 e. The van der Waals surface area contributed by atoms with Crippen molar-refractivity contribution >= 4 is 11.7 Å². The summed E-state index contributed by atoms with van der Waals surface area (Å²) in [7, 11) is 0. The van der Waals surface area contributed by atoms with Crippen LogP contribution in [0.3, 0.4) is 0 Å². The molecule has 0 spiro atoms. The first kappa shape index (κ1) is 12.8. The highest BCUT2D eigenvalue weighted by atomic mass is 16.1. The highest BCUT2D eigenvalue weighted by Crippen LogP contribution is 2.35. The highest BCUT2D eigenvalue weighted by Gasteiger charge is 2.29. The third kappa shape index (κ3) is 3.18. The molecule has 5 heteroatoms. The van der Waals surface area contributed by atoms with Crippen LogP contribution < -0.4 is 11.1 Å². The van der Waals surface area contributed by atoms with Gasteiger partial charge in [0, 0.05) is 6.04 Å². The number of nitrogen functional groups attached to an aromatic ring is 1. The number of nitrogens with zero attached hydrogens (tertiary/aromatic N) is 2. The number of anilines is 1. The number of hydrogen-bond donors (Lipinski definition) is 2. The summed E-state index contributed by atoms with van der Waals surface area (Å²) in [5.41, 5.74) is 6.11. The fraction of sp³-hybridized carbons (Fsp3) is 0.615. The second kappa shape index (κ2) is 4.92. The van der Waals surface area contributed by atoms with Crippen molar-refractivity contribution in [3.63, 3.8) is 0 Å². The van der Waals surface area contributed by atoms with E-state index in [0.29, 0.717) is 11.1 Å². The Labute approximate surface area is 107 Å². The van der Waals surface area contributed by atoms with E-state index in [4.69, 9.17) is 5.73 Å². The van der Waals surface area contributed by atoms with Crippen LogP contribution in [0.4, 0.5) is 5.82 Å². The van der Waals surface area contributed by atoms with Gasteiger partial charge in [0.05, 0.1) is 12.4 Å². The van der Waals surface area contributed by atoms with E-state index >= 15 is 0 Å². The van der Waals surface area contributed by atoms with E-state index in [9.17, 15) is 4.79 Å². The summed E-state index contributed by atoms with van der Waals surface area (Å²) in [6.07, 6.45) is 7.29. The molecule has 0 saturated heterocycles. The van der Waals surface area contributed by atoms with E-state index in [1.165, 1.54) is 18.8 Å². The lowest BCUT2D eigenvalue weighted by molar-refractivity contribution is 0.0897. The number of amides is 1. The second-order valence-electron chi connectivity index (χ2n) is 5.76. The Hall–Kier alpha value is -1.65. The van der Waals surface area contributed by atoms with Gasteiger partial charge < -0.3 is 11.1 Å². The number of carbonyl (C=O) groups is 1. The Balaban J connectivity index is 1.99. The van der Waals surface area contributed by atoms with Crippen LogP contribution in [-0.2, 0) is 0 Å². The molecule has 3 N–H and O–H groups in total. The summed E-state index contributed by atoms with van der Waals surface area (Å²) < 4.78 is 0. The molecule has 98 valence electrons. The summed E-state index contributed by atoms with van der Waals surface area (Å²) in [5.74, 6) is 0.0872. The predicted molar refractivity (Wildman–Crippen MR) is 69.9 cm³/mol. The van der Waals surface area contributed by atoms with Crippen LogP contribution in [-0.4, -0.2) is 21.9 Å². The minimum absolute atomic E-state index is 0.183. The average Bonchev–Trinajstić information content (AvgIpc) is 2.27. The van der Waals surface area contributed by atoms with Crippen molar-refractivity contribution in [2.75, 3.05) is 5.73 Å². The maximum atomic E-state index is 12.0. The molecule has 5 nitrogen and oxygen atoms in total. The van der Waals surface area contributed by atoms with Crippen molar-refractivity contribution in [3.05, 3.63) is 18.1 Å². The second-order valence-corrected chi connectivity index (χ2v) is 5.76. The summed E-state index contributed by atoms with van der Waals surface area (Å²) in [4.78, 5) is 19.9. The van der Waals surface area contributed by atoms with Crippen molar-refractivity contribution in [2.24, 2.45) is 5.41 Å². The molecule has 1 heterocycles. The molecular formula is C13H20N4O. The van der Waals surface area contributed by atoms with Crippen molar-refractivity contribution in [2.45, 2.75) is 45.6 Å². The number of rotatable bonds is 2. The van der Waals surface area contributed by atoms with E-state index < -0.39 is 0 Å². The van der Waals surface area contributed by atoms with Gasteiger partial charge in [0.15, 0.2) is 0 Å². The van der Waals surface area contributed by atoms with Crippen LogP contribution in [0.25, 0.3) is 0 Å². The Morgan fingerprint density at radius 1 is 1.50 bits per heavy atom. The summed E-state index contributed by atoms with van der Waals surface area (Å²) in [5, 5.41) is 3.02. The first-order valence-corrected chi connectivity index (χ1v) is 6.35. The summed E-state index contributed by atoms with van der Waals surface area (Å²) in [6.45, 7) is 4.48. The molecule has 0 bridgehead atoms. The summed E-state index contributed by atoms with van der Waals surface area (Å²) in [6, 6.07) is 0.226. The van der Waals surface area contributed by atoms with Gasteiger partial charge in [0.2, 0.25) is 0 Å². The Morgan fingerprint density at radius 3 is 2.94 bits per heavy atom. The average molecular weight is 248 g/mol. The third-order valence-corrected chi connectivity index (χ3v) is 3.43. The normalized spacial score (nSPS) is 22.4. The minimum atomic E-state index is -0.183. The minimum Gasteiger partial charge on any atom is -0.382 e. The van der Waals surface area contributed by atoms with E-state index in [1.807, 2.05) is 0 Å². The van der Waals surface area contributed by atoms with E-state index in [1.54, 1.807) is 0 Å². The molecule has 1 aromatic rings. The largest absolute Gasteiger partial charge is 0.382 e. The van der Waals surface area contributed by atoms with Crippen molar-refractivity contribution in [3.8, 4) is 0 Å². The number of aromatic nitrogens is 2. The Bertz CT molecular complexity index is 444. The number of carbonyl (C=O) groups excluding carboxylic acids is 1. The molecule has 1 unspecified atom stereocenters. The van der Waals surface area contributed by atoms with Crippen LogP contribution in [0, 0.1) is 5.41 Å². The zero-order chi connectivity index (χ0) is 13.2. The lowest BCUT2D eigenvalue weighted by Gasteiger charge is -2.35. The molecule has 0 radical (unpaired) electrons. The topological polar surface area (TPSA) is 80.9 Å². The van der Waals surface area contributed by atoms with Crippen LogP contribution in [0.15, 0.2) is 12.4 Å². The van der Waals surface area contributed by atoms with Gasteiger partial charge in [0.25, 0.3) is 5.91 Å². The van der Waals surface area contributed by atoms with Crippen LogP contribution >= 0.6 is 0 Å². The van der Waals surface area contributed by atoms with E-state index in [2.05, 4.69) is 29.1 Å². The first-order valence-electron chi connectivity index (χ1n) is 6.35. The summed E-state index contributed by atoms with van der Waals surface area (Å²) >= 11 is 0. The van der Waals surface area contributed by atoms with E-state index in [-0.39, 0.29) is 17.8 Å². The van der Waals surface area contributed by atoms with E-state index in [0.717, 1.165) is 19.3 Å².